The second-order valence-corrected chi connectivity index (χ2v) is 8.26. The molecular weight excluding hydrogens is 392 g/mol. The summed E-state index contributed by atoms with van der Waals surface area (Å²) in [7, 11) is 1.61. The molecule has 0 spiro atoms. The molecule has 2 aromatic rings. The number of likely N-dealkylation sites (tertiary alicyclic amines) is 1. The van der Waals surface area contributed by atoms with Crippen molar-refractivity contribution < 1.29 is 19.2 Å². The van der Waals surface area contributed by atoms with E-state index in [4.69, 9.17) is 0 Å². The molecule has 4 rings (SSSR count). The van der Waals surface area contributed by atoms with Crippen LogP contribution in [0.3, 0.4) is 0 Å². The fraction of sp³-hybridized carbons (Fsp3) is 0.400. The van der Waals surface area contributed by atoms with Crippen LogP contribution in [0.2, 0.25) is 0 Å². The van der Waals surface area contributed by atoms with Crippen molar-refractivity contribution in [3.8, 4) is 0 Å². The molecule has 29 heavy (non-hydrogen) atoms. The molecular formula is C20H22N4O4S. The van der Waals surface area contributed by atoms with Gasteiger partial charge >= 0.3 is 6.03 Å². The fourth-order valence-corrected chi connectivity index (χ4v) is 5.23. The molecule has 2 saturated heterocycles. The van der Waals surface area contributed by atoms with Crippen LogP contribution in [-0.2, 0) is 16.0 Å². The molecule has 1 aromatic heterocycles. The van der Waals surface area contributed by atoms with Crippen molar-refractivity contribution >= 4 is 45.2 Å². The zero-order valence-electron chi connectivity index (χ0n) is 16.1. The number of nitrogens with zero attached hydrogens (tertiary/aromatic N) is 2. The van der Waals surface area contributed by atoms with Crippen molar-refractivity contribution in [3.63, 3.8) is 0 Å². The number of urea groups is 1. The van der Waals surface area contributed by atoms with E-state index in [9.17, 15) is 19.2 Å². The third kappa shape index (κ3) is 3.57. The molecule has 0 unspecified atom stereocenters. The first-order chi connectivity index (χ1) is 14.0. The predicted molar refractivity (Wildman–Crippen MR) is 109 cm³/mol. The molecule has 9 heteroatoms. The van der Waals surface area contributed by atoms with Crippen molar-refractivity contribution in [3.05, 3.63) is 34.7 Å². The van der Waals surface area contributed by atoms with E-state index in [0.29, 0.717) is 17.8 Å². The summed E-state index contributed by atoms with van der Waals surface area (Å²) in [5.74, 6) is -0.750. The van der Waals surface area contributed by atoms with Gasteiger partial charge in [-0.25, -0.2) is 4.79 Å². The number of hydrogen-bond donors (Lipinski definition) is 2. The molecule has 2 aliphatic heterocycles. The minimum Gasteiger partial charge on any atom is -0.354 e. The number of fused-ring (bicyclic) bond motifs is 1. The fourth-order valence-electron chi connectivity index (χ4n) is 4.05. The average molecular weight is 414 g/mol. The zero-order valence-corrected chi connectivity index (χ0v) is 16.9. The summed E-state index contributed by atoms with van der Waals surface area (Å²) in [5.41, 5.74) is 0.949. The summed E-state index contributed by atoms with van der Waals surface area (Å²) in [6.45, 7) is 0.282. The summed E-state index contributed by atoms with van der Waals surface area (Å²) in [4.78, 5) is 52.2. The molecule has 2 N–H and O–H groups in total. The molecule has 1 aromatic carbocycles. The maximum Gasteiger partial charge on any atom is 0.325 e. The number of hydrogen-bond acceptors (Lipinski definition) is 5. The van der Waals surface area contributed by atoms with E-state index >= 15 is 0 Å². The highest BCUT2D eigenvalue weighted by Gasteiger charge is 2.35. The lowest BCUT2D eigenvalue weighted by Crippen LogP contribution is -2.45. The minimum absolute atomic E-state index is 0.0636. The van der Waals surface area contributed by atoms with Crippen molar-refractivity contribution in [1.82, 2.24) is 20.4 Å². The standard InChI is InChI=1S/C20H22N4O4S/c1-21-19(27)18-14(13-6-2-3-7-15(13)29-18)9-12-5-4-8-23(12)17(26)11-24-16(25)10-22-20(24)28/h2-3,6-7,12H,4-5,8-11H2,1H3,(H,21,27)(H,22,28)/t12-/m0/s1. The number of carbonyl (C=O) groups is 4. The molecule has 0 aliphatic carbocycles. The van der Waals surface area contributed by atoms with Gasteiger partial charge in [0.15, 0.2) is 0 Å². The first kappa shape index (κ1) is 19.4. The lowest BCUT2D eigenvalue weighted by molar-refractivity contribution is -0.137. The number of rotatable bonds is 5. The molecule has 3 heterocycles. The summed E-state index contributed by atoms with van der Waals surface area (Å²) in [5, 5.41) is 6.17. The lowest BCUT2D eigenvalue weighted by atomic mass is 10.0. The van der Waals surface area contributed by atoms with Crippen LogP contribution in [-0.4, -0.2) is 66.3 Å². The Balaban J connectivity index is 1.57. The van der Waals surface area contributed by atoms with Gasteiger partial charge in [0.1, 0.15) is 6.54 Å². The molecule has 152 valence electrons. The van der Waals surface area contributed by atoms with Gasteiger partial charge in [-0.05, 0) is 36.3 Å². The van der Waals surface area contributed by atoms with E-state index in [1.807, 2.05) is 24.3 Å². The Kier molecular flexibility index (Phi) is 5.23. The van der Waals surface area contributed by atoms with Gasteiger partial charge in [-0.15, -0.1) is 11.3 Å². The lowest BCUT2D eigenvalue weighted by Gasteiger charge is -2.26. The van der Waals surface area contributed by atoms with Gasteiger partial charge in [-0.3, -0.25) is 19.3 Å². The monoisotopic (exact) mass is 414 g/mol. The number of amides is 5. The van der Waals surface area contributed by atoms with E-state index in [0.717, 1.165) is 33.4 Å². The van der Waals surface area contributed by atoms with Crippen molar-refractivity contribution in [1.29, 1.82) is 0 Å². The Morgan fingerprint density at radius 2 is 2.07 bits per heavy atom. The molecule has 0 radical (unpaired) electrons. The van der Waals surface area contributed by atoms with E-state index < -0.39 is 6.03 Å². The third-order valence-corrected chi connectivity index (χ3v) is 6.71. The maximum atomic E-state index is 12.8. The number of imide groups is 1. The van der Waals surface area contributed by atoms with Gasteiger partial charge in [-0.2, -0.15) is 0 Å². The number of thiophene rings is 1. The van der Waals surface area contributed by atoms with E-state index in [2.05, 4.69) is 10.6 Å². The maximum absolute atomic E-state index is 12.8. The third-order valence-electron chi connectivity index (χ3n) is 5.50. The SMILES string of the molecule is CNC(=O)c1sc2ccccc2c1C[C@@H]1CCCN1C(=O)CN1C(=O)CNC1=O. The van der Waals surface area contributed by atoms with E-state index in [-0.39, 0.29) is 36.9 Å². The Morgan fingerprint density at radius 1 is 1.28 bits per heavy atom. The largest absolute Gasteiger partial charge is 0.354 e. The first-order valence-corrected chi connectivity index (χ1v) is 10.4. The molecule has 0 bridgehead atoms. The topological polar surface area (TPSA) is 98.8 Å². The average Bonchev–Trinajstić information content (AvgIpc) is 3.42. The number of carbonyl (C=O) groups excluding carboxylic acids is 4. The van der Waals surface area contributed by atoms with Crippen LogP contribution in [0.15, 0.2) is 24.3 Å². The van der Waals surface area contributed by atoms with Crippen LogP contribution in [0.1, 0.15) is 28.1 Å². The molecule has 1 atom stereocenters. The smallest absolute Gasteiger partial charge is 0.325 e. The van der Waals surface area contributed by atoms with Gasteiger partial charge in [0.2, 0.25) is 5.91 Å². The highest BCUT2D eigenvalue weighted by atomic mass is 32.1. The Bertz CT molecular complexity index is 986. The van der Waals surface area contributed by atoms with Crippen LogP contribution in [0, 0.1) is 0 Å². The summed E-state index contributed by atoms with van der Waals surface area (Å²) in [6, 6.07) is 7.29. The van der Waals surface area contributed by atoms with Gasteiger partial charge < -0.3 is 15.5 Å². The van der Waals surface area contributed by atoms with Gasteiger partial charge in [0.25, 0.3) is 11.8 Å². The Labute approximate surface area is 171 Å². The Hall–Kier alpha value is -2.94. The van der Waals surface area contributed by atoms with Gasteiger partial charge in [-0.1, -0.05) is 18.2 Å². The van der Waals surface area contributed by atoms with Crippen molar-refractivity contribution in [2.45, 2.75) is 25.3 Å². The second kappa shape index (κ2) is 7.82. The quantitative estimate of drug-likeness (QED) is 0.722. The van der Waals surface area contributed by atoms with E-state index in [1.165, 1.54) is 11.3 Å². The summed E-state index contributed by atoms with van der Waals surface area (Å²) in [6.07, 6.45) is 2.25. The second-order valence-electron chi connectivity index (χ2n) is 7.21. The number of nitrogens with one attached hydrogen (secondary N) is 2. The molecule has 8 nitrogen and oxygen atoms in total. The highest BCUT2D eigenvalue weighted by molar-refractivity contribution is 7.21. The molecule has 0 saturated carbocycles. The van der Waals surface area contributed by atoms with Crippen LogP contribution in [0.25, 0.3) is 10.1 Å². The molecule has 2 aliphatic rings. The zero-order chi connectivity index (χ0) is 20.5. The van der Waals surface area contributed by atoms with Crippen LogP contribution >= 0.6 is 11.3 Å². The molecule has 2 fully saturated rings. The summed E-state index contributed by atoms with van der Waals surface area (Å²) < 4.78 is 1.04. The predicted octanol–water partition coefficient (Wildman–Crippen LogP) is 1.35. The van der Waals surface area contributed by atoms with Crippen molar-refractivity contribution in [2.75, 3.05) is 26.7 Å². The normalized spacial score (nSPS) is 19.1. The summed E-state index contributed by atoms with van der Waals surface area (Å²) >= 11 is 1.46. The van der Waals surface area contributed by atoms with Crippen LogP contribution in [0.5, 0.6) is 0 Å². The molecule has 5 amide bonds. The first-order valence-electron chi connectivity index (χ1n) is 9.59. The van der Waals surface area contributed by atoms with Crippen LogP contribution in [0.4, 0.5) is 4.79 Å². The van der Waals surface area contributed by atoms with E-state index in [1.54, 1.807) is 11.9 Å². The number of benzene rings is 1. The van der Waals surface area contributed by atoms with Gasteiger partial charge in [0.05, 0.1) is 11.4 Å². The highest BCUT2D eigenvalue weighted by Crippen LogP contribution is 2.34. The van der Waals surface area contributed by atoms with Crippen molar-refractivity contribution in [2.24, 2.45) is 0 Å². The Morgan fingerprint density at radius 3 is 2.79 bits per heavy atom. The minimum atomic E-state index is -0.523. The van der Waals surface area contributed by atoms with Gasteiger partial charge in [0, 0.05) is 24.3 Å². The van der Waals surface area contributed by atoms with Crippen LogP contribution < -0.4 is 10.6 Å².